The number of aromatic nitrogens is 1. The minimum Gasteiger partial charge on any atom is -0.469 e. The molecule has 0 radical (unpaired) electrons. The number of aromatic amines is 1. The van der Waals surface area contributed by atoms with Crippen LogP contribution in [0.3, 0.4) is 0 Å². The van der Waals surface area contributed by atoms with Gasteiger partial charge >= 0.3 is 12.1 Å². The number of ether oxygens (including phenoxy) is 1. The Hall–Kier alpha value is -1.93. The van der Waals surface area contributed by atoms with E-state index in [0.29, 0.717) is 0 Å². The van der Waals surface area contributed by atoms with E-state index in [9.17, 15) is 31.5 Å². The third-order valence-electron chi connectivity index (χ3n) is 2.29. The van der Waals surface area contributed by atoms with Crippen molar-refractivity contribution in [2.24, 2.45) is 0 Å². The molecule has 0 fully saturated rings. The average molecular weight is 285 g/mol. The molecule has 106 valence electrons. The van der Waals surface area contributed by atoms with E-state index in [1.54, 1.807) is 4.98 Å². The number of esters is 1. The van der Waals surface area contributed by atoms with Crippen molar-refractivity contribution < 1.29 is 31.5 Å². The van der Waals surface area contributed by atoms with Gasteiger partial charge in [-0.3, -0.25) is 9.59 Å². The first-order valence-electron chi connectivity index (χ1n) is 4.85. The second-order valence-electron chi connectivity index (χ2n) is 3.48. The van der Waals surface area contributed by atoms with Crippen LogP contribution in [0.25, 0.3) is 0 Å². The normalized spacial score (nSPS) is 11.7. The lowest BCUT2D eigenvalue weighted by Crippen LogP contribution is -2.26. The number of halogens is 5. The molecule has 0 aromatic carbocycles. The molecule has 0 saturated carbocycles. The van der Waals surface area contributed by atoms with Gasteiger partial charge in [0, 0.05) is 11.8 Å². The van der Waals surface area contributed by atoms with E-state index in [2.05, 4.69) is 4.74 Å². The van der Waals surface area contributed by atoms with E-state index < -0.39 is 47.2 Å². The molecule has 0 saturated heterocycles. The number of carbonyl (C=O) groups excluding carboxylic acids is 1. The third kappa shape index (κ3) is 3.30. The maximum atomic E-state index is 12.6. The molecule has 9 heteroatoms. The van der Waals surface area contributed by atoms with E-state index in [1.165, 1.54) is 0 Å². The van der Waals surface area contributed by atoms with Crippen molar-refractivity contribution in [2.75, 3.05) is 7.11 Å². The Morgan fingerprint density at radius 3 is 2.42 bits per heavy atom. The maximum Gasteiger partial charge on any atom is 0.421 e. The minimum atomic E-state index is -5.00. The van der Waals surface area contributed by atoms with Crippen LogP contribution in [-0.4, -0.2) is 18.1 Å². The number of methoxy groups -OCH3 is 1. The fourth-order valence-electron chi connectivity index (χ4n) is 1.38. The van der Waals surface area contributed by atoms with Gasteiger partial charge in [0.2, 0.25) is 0 Å². The molecule has 0 amide bonds. The maximum absolute atomic E-state index is 12.6. The Morgan fingerprint density at radius 2 is 2.00 bits per heavy atom. The van der Waals surface area contributed by atoms with E-state index in [4.69, 9.17) is 0 Å². The molecule has 1 rings (SSSR count). The van der Waals surface area contributed by atoms with Gasteiger partial charge in [-0.25, -0.2) is 8.78 Å². The molecule has 0 bridgehead atoms. The average Bonchev–Trinajstić information content (AvgIpc) is 2.29. The van der Waals surface area contributed by atoms with Crippen molar-refractivity contribution in [3.8, 4) is 0 Å². The van der Waals surface area contributed by atoms with Crippen molar-refractivity contribution >= 4 is 5.97 Å². The first-order valence-corrected chi connectivity index (χ1v) is 4.85. The Balaban J connectivity index is 3.45. The number of H-pyrrole nitrogens is 1. The van der Waals surface area contributed by atoms with Gasteiger partial charge in [0.25, 0.3) is 6.43 Å². The first-order chi connectivity index (χ1) is 8.68. The predicted octanol–water partition coefficient (Wildman–Crippen LogP) is 2.05. The summed E-state index contributed by atoms with van der Waals surface area (Å²) in [6.07, 6.45) is -9.02. The zero-order valence-corrected chi connectivity index (χ0v) is 9.48. The van der Waals surface area contributed by atoms with Gasteiger partial charge in [-0.05, 0) is 0 Å². The fourth-order valence-corrected chi connectivity index (χ4v) is 1.38. The van der Waals surface area contributed by atoms with Crippen molar-refractivity contribution in [1.82, 2.24) is 4.98 Å². The van der Waals surface area contributed by atoms with Crippen LogP contribution < -0.4 is 5.43 Å². The van der Waals surface area contributed by atoms with Crippen molar-refractivity contribution in [1.29, 1.82) is 0 Å². The lowest BCUT2D eigenvalue weighted by molar-refractivity contribution is -0.141. The molecule has 0 aliphatic rings. The highest BCUT2D eigenvalue weighted by atomic mass is 19.4. The minimum absolute atomic E-state index is 0.157. The van der Waals surface area contributed by atoms with Crippen LogP contribution in [-0.2, 0) is 22.1 Å². The van der Waals surface area contributed by atoms with Crippen LogP contribution in [0.2, 0.25) is 0 Å². The number of nitrogens with one attached hydrogen (secondary N) is 1. The summed E-state index contributed by atoms with van der Waals surface area (Å²) in [4.78, 5) is 24.2. The second kappa shape index (κ2) is 5.37. The van der Waals surface area contributed by atoms with Gasteiger partial charge in [-0.1, -0.05) is 0 Å². The highest BCUT2D eigenvalue weighted by Crippen LogP contribution is 2.28. The van der Waals surface area contributed by atoms with Crippen molar-refractivity contribution in [2.45, 2.75) is 19.0 Å². The highest BCUT2D eigenvalue weighted by molar-refractivity contribution is 5.72. The summed E-state index contributed by atoms with van der Waals surface area (Å²) in [6, 6.07) is 0. The monoisotopic (exact) mass is 285 g/mol. The summed E-state index contributed by atoms with van der Waals surface area (Å²) in [5.74, 6) is -1.09. The molecule has 0 unspecified atom stereocenters. The van der Waals surface area contributed by atoms with Crippen LogP contribution in [0.5, 0.6) is 0 Å². The topological polar surface area (TPSA) is 59.2 Å². The molecule has 1 aromatic rings. The van der Waals surface area contributed by atoms with Gasteiger partial charge in [0.15, 0.2) is 5.43 Å². The molecule has 4 nitrogen and oxygen atoms in total. The Kier molecular flexibility index (Phi) is 4.28. The van der Waals surface area contributed by atoms with E-state index in [0.717, 1.165) is 7.11 Å². The van der Waals surface area contributed by atoms with Crippen molar-refractivity contribution in [3.05, 3.63) is 33.2 Å². The molecular formula is C10H8F5NO3. The zero-order chi connectivity index (χ0) is 14.8. The van der Waals surface area contributed by atoms with E-state index >= 15 is 0 Å². The molecule has 0 atom stereocenters. The molecule has 1 heterocycles. The van der Waals surface area contributed by atoms with Gasteiger partial charge in [0.1, 0.15) is 5.56 Å². The first kappa shape index (κ1) is 15.1. The summed E-state index contributed by atoms with van der Waals surface area (Å²) >= 11 is 0. The van der Waals surface area contributed by atoms with Crippen LogP contribution >= 0.6 is 0 Å². The summed E-state index contributed by atoms with van der Waals surface area (Å²) in [5, 5.41) is 0. The highest BCUT2D eigenvalue weighted by Gasteiger charge is 2.36. The summed E-state index contributed by atoms with van der Waals surface area (Å²) in [7, 11) is 0.923. The lowest BCUT2D eigenvalue weighted by Gasteiger charge is -2.11. The standard InChI is InChI=1S/C10H8F5NO3/c1-19-6(17)2-4-7(9(11)12)16-3-5(8(4)18)10(13,14)15/h3,9H,2H2,1H3,(H,16,18). The summed E-state index contributed by atoms with van der Waals surface area (Å²) in [5.41, 5.74) is -5.28. The number of pyridine rings is 1. The second-order valence-corrected chi connectivity index (χ2v) is 3.48. The number of hydrogen-bond acceptors (Lipinski definition) is 3. The van der Waals surface area contributed by atoms with Crippen molar-refractivity contribution in [3.63, 3.8) is 0 Å². The molecule has 0 aliphatic carbocycles. The smallest absolute Gasteiger partial charge is 0.421 e. The van der Waals surface area contributed by atoms with Gasteiger partial charge in [-0.15, -0.1) is 0 Å². The SMILES string of the molecule is COC(=O)Cc1c(C(F)F)[nH]cc(C(F)(F)F)c1=O. The molecular weight excluding hydrogens is 277 g/mol. The number of carbonyl (C=O) groups is 1. The largest absolute Gasteiger partial charge is 0.469 e. The molecule has 1 N–H and O–H groups in total. The molecule has 0 spiro atoms. The Bertz CT molecular complexity index is 535. The number of rotatable bonds is 3. The lowest BCUT2D eigenvalue weighted by atomic mass is 10.1. The van der Waals surface area contributed by atoms with Crippen LogP contribution in [0.4, 0.5) is 22.0 Å². The summed E-state index contributed by atoms with van der Waals surface area (Å²) < 4.78 is 66.7. The molecule has 0 aliphatic heterocycles. The quantitative estimate of drug-likeness (QED) is 0.683. The Morgan fingerprint density at radius 1 is 1.42 bits per heavy atom. The van der Waals surface area contributed by atoms with E-state index in [-0.39, 0.29) is 6.20 Å². The van der Waals surface area contributed by atoms with Gasteiger partial charge in [0.05, 0.1) is 19.2 Å². The fraction of sp³-hybridized carbons (Fsp3) is 0.400. The van der Waals surface area contributed by atoms with E-state index in [1.807, 2.05) is 0 Å². The van der Waals surface area contributed by atoms with Crippen LogP contribution in [0.15, 0.2) is 11.0 Å². The van der Waals surface area contributed by atoms with Gasteiger partial charge in [-0.2, -0.15) is 13.2 Å². The zero-order valence-electron chi connectivity index (χ0n) is 9.48. The Labute approximate surface area is 103 Å². The molecule has 19 heavy (non-hydrogen) atoms. The number of alkyl halides is 5. The predicted molar refractivity (Wildman–Crippen MR) is 52.7 cm³/mol. The van der Waals surface area contributed by atoms with Crippen LogP contribution in [0, 0.1) is 0 Å². The number of hydrogen-bond donors (Lipinski definition) is 1. The summed E-state index contributed by atoms with van der Waals surface area (Å²) in [6.45, 7) is 0. The van der Waals surface area contributed by atoms with Crippen LogP contribution in [0.1, 0.15) is 23.2 Å². The third-order valence-corrected chi connectivity index (χ3v) is 2.29. The molecule has 1 aromatic heterocycles. The van der Waals surface area contributed by atoms with Gasteiger partial charge < -0.3 is 9.72 Å².